The second kappa shape index (κ2) is 6.76. The molecular weight excluding hydrogens is 326 g/mol. The van der Waals surface area contributed by atoms with Crippen molar-refractivity contribution in [2.45, 2.75) is 25.3 Å². The Kier molecular flexibility index (Phi) is 5.20. The summed E-state index contributed by atoms with van der Waals surface area (Å²) in [5.41, 5.74) is 0.377. The van der Waals surface area contributed by atoms with E-state index in [-0.39, 0.29) is 5.91 Å². The SMILES string of the molecule is CNC(=O)c1ccsc1NC(=O)[C@@H]1CCCCN1S(C)(=O)=O. The average molecular weight is 345 g/mol. The summed E-state index contributed by atoms with van der Waals surface area (Å²) in [6.45, 7) is 0.351. The van der Waals surface area contributed by atoms with Crippen molar-refractivity contribution in [1.82, 2.24) is 9.62 Å². The summed E-state index contributed by atoms with van der Waals surface area (Å²) in [4.78, 5) is 24.2. The molecule has 0 bridgehead atoms. The lowest BCUT2D eigenvalue weighted by Gasteiger charge is -2.32. The molecule has 0 spiro atoms. The number of amides is 2. The maximum absolute atomic E-state index is 12.4. The first-order valence-corrected chi connectivity index (χ1v) is 9.64. The third-order valence-corrected chi connectivity index (χ3v) is 5.67. The Hall–Kier alpha value is -1.45. The molecular formula is C13H19N3O4S2. The van der Waals surface area contributed by atoms with Gasteiger partial charge in [-0.3, -0.25) is 9.59 Å². The van der Waals surface area contributed by atoms with E-state index in [1.165, 1.54) is 22.7 Å². The Bertz CT molecular complexity index is 669. The number of carbonyl (C=O) groups is 2. The number of nitrogens with one attached hydrogen (secondary N) is 2. The van der Waals surface area contributed by atoms with Gasteiger partial charge in [0.1, 0.15) is 11.0 Å². The van der Waals surface area contributed by atoms with Crippen LogP contribution in [0.4, 0.5) is 5.00 Å². The first-order valence-electron chi connectivity index (χ1n) is 6.92. The van der Waals surface area contributed by atoms with Crippen LogP contribution in [0.2, 0.25) is 0 Å². The maximum Gasteiger partial charge on any atom is 0.254 e. The van der Waals surface area contributed by atoms with Gasteiger partial charge in [0.15, 0.2) is 0 Å². The minimum atomic E-state index is -3.43. The van der Waals surface area contributed by atoms with Gasteiger partial charge < -0.3 is 10.6 Å². The highest BCUT2D eigenvalue weighted by atomic mass is 32.2. The van der Waals surface area contributed by atoms with Gasteiger partial charge in [-0.25, -0.2) is 8.42 Å². The molecule has 22 heavy (non-hydrogen) atoms. The van der Waals surface area contributed by atoms with Gasteiger partial charge in [0.05, 0.1) is 11.8 Å². The minimum absolute atomic E-state index is 0.292. The Morgan fingerprint density at radius 3 is 2.73 bits per heavy atom. The summed E-state index contributed by atoms with van der Waals surface area (Å²) < 4.78 is 24.9. The molecule has 1 aromatic heterocycles. The number of piperidine rings is 1. The number of sulfonamides is 1. The number of rotatable bonds is 4. The summed E-state index contributed by atoms with van der Waals surface area (Å²) in [7, 11) is -1.92. The topological polar surface area (TPSA) is 95.6 Å². The molecule has 0 aromatic carbocycles. The normalized spacial score (nSPS) is 19.6. The summed E-state index contributed by atoms with van der Waals surface area (Å²) in [5.74, 6) is -0.683. The van der Waals surface area contributed by atoms with E-state index < -0.39 is 22.0 Å². The fourth-order valence-electron chi connectivity index (χ4n) is 2.48. The van der Waals surface area contributed by atoms with Gasteiger partial charge in [0.2, 0.25) is 15.9 Å². The zero-order chi connectivity index (χ0) is 16.3. The van der Waals surface area contributed by atoms with E-state index in [9.17, 15) is 18.0 Å². The highest BCUT2D eigenvalue weighted by molar-refractivity contribution is 7.88. The van der Waals surface area contributed by atoms with E-state index >= 15 is 0 Å². The monoisotopic (exact) mass is 345 g/mol. The largest absolute Gasteiger partial charge is 0.355 e. The van der Waals surface area contributed by atoms with Gasteiger partial charge in [-0.1, -0.05) is 6.42 Å². The molecule has 0 radical (unpaired) electrons. The third kappa shape index (κ3) is 3.65. The van der Waals surface area contributed by atoms with Gasteiger partial charge in [-0.15, -0.1) is 11.3 Å². The lowest BCUT2D eigenvalue weighted by molar-refractivity contribution is -0.120. The van der Waals surface area contributed by atoms with Crippen molar-refractivity contribution in [3.63, 3.8) is 0 Å². The molecule has 1 saturated heterocycles. The smallest absolute Gasteiger partial charge is 0.254 e. The number of carbonyl (C=O) groups excluding carboxylic acids is 2. The van der Waals surface area contributed by atoms with E-state index in [4.69, 9.17) is 0 Å². The van der Waals surface area contributed by atoms with Crippen LogP contribution in [-0.2, 0) is 14.8 Å². The van der Waals surface area contributed by atoms with Crippen molar-refractivity contribution in [3.05, 3.63) is 17.0 Å². The molecule has 7 nitrogen and oxygen atoms in total. The van der Waals surface area contributed by atoms with Crippen molar-refractivity contribution in [3.8, 4) is 0 Å². The minimum Gasteiger partial charge on any atom is -0.355 e. The first kappa shape index (κ1) is 16.9. The number of nitrogens with zero attached hydrogens (tertiary/aromatic N) is 1. The zero-order valence-electron chi connectivity index (χ0n) is 12.5. The summed E-state index contributed by atoms with van der Waals surface area (Å²) >= 11 is 1.23. The van der Waals surface area contributed by atoms with Crippen LogP contribution in [0, 0.1) is 0 Å². The molecule has 9 heteroatoms. The van der Waals surface area contributed by atoms with Gasteiger partial charge in [0, 0.05) is 13.6 Å². The van der Waals surface area contributed by atoms with Crippen LogP contribution in [0.3, 0.4) is 0 Å². The first-order chi connectivity index (χ1) is 10.3. The van der Waals surface area contributed by atoms with E-state index in [1.807, 2.05) is 0 Å². The number of thiophene rings is 1. The summed E-state index contributed by atoms with van der Waals surface area (Å²) in [6.07, 6.45) is 3.15. The predicted octanol–water partition coefficient (Wildman–Crippen LogP) is 0.860. The lowest BCUT2D eigenvalue weighted by Crippen LogP contribution is -2.49. The maximum atomic E-state index is 12.4. The molecule has 1 fully saturated rings. The molecule has 2 N–H and O–H groups in total. The average Bonchev–Trinajstić information content (AvgIpc) is 2.93. The number of anilines is 1. The zero-order valence-corrected chi connectivity index (χ0v) is 14.1. The van der Waals surface area contributed by atoms with E-state index in [0.717, 1.165) is 19.1 Å². The highest BCUT2D eigenvalue weighted by Crippen LogP contribution is 2.26. The quantitative estimate of drug-likeness (QED) is 0.846. The van der Waals surface area contributed by atoms with Crippen molar-refractivity contribution in [2.75, 3.05) is 25.2 Å². The van der Waals surface area contributed by atoms with Gasteiger partial charge in [-0.05, 0) is 24.3 Å². The molecule has 0 aliphatic carbocycles. The van der Waals surface area contributed by atoms with Crippen LogP contribution < -0.4 is 10.6 Å². The fourth-order valence-corrected chi connectivity index (χ4v) is 4.39. The Labute approximate surface area is 133 Å². The summed E-state index contributed by atoms with van der Waals surface area (Å²) in [5, 5.41) is 7.33. The van der Waals surface area contributed by atoms with Crippen molar-refractivity contribution >= 4 is 38.2 Å². The van der Waals surface area contributed by atoms with Gasteiger partial charge >= 0.3 is 0 Å². The molecule has 1 atom stereocenters. The molecule has 2 heterocycles. The van der Waals surface area contributed by atoms with Crippen LogP contribution in [0.15, 0.2) is 11.4 Å². The van der Waals surface area contributed by atoms with Crippen molar-refractivity contribution in [2.24, 2.45) is 0 Å². The lowest BCUT2D eigenvalue weighted by atomic mass is 10.0. The Morgan fingerprint density at radius 1 is 1.36 bits per heavy atom. The van der Waals surface area contributed by atoms with Crippen molar-refractivity contribution in [1.29, 1.82) is 0 Å². The molecule has 1 aliphatic heterocycles. The van der Waals surface area contributed by atoms with Gasteiger partial charge in [0.25, 0.3) is 5.91 Å². The van der Waals surface area contributed by atoms with E-state index in [0.29, 0.717) is 23.5 Å². The van der Waals surface area contributed by atoms with Crippen molar-refractivity contribution < 1.29 is 18.0 Å². The van der Waals surface area contributed by atoms with Gasteiger partial charge in [-0.2, -0.15) is 4.31 Å². The van der Waals surface area contributed by atoms with Crippen LogP contribution >= 0.6 is 11.3 Å². The van der Waals surface area contributed by atoms with E-state index in [1.54, 1.807) is 11.4 Å². The molecule has 0 saturated carbocycles. The number of hydrogen-bond acceptors (Lipinski definition) is 5. The Morgan fingerprint density at radius 2 is 2.09 bits per heavy atom. The Balaban J connectivity index is 2.18. The van der Waals surface area contributed by atoms with Crippen LogP contribution in [-0.4, -0.2) is 50.4 Å². The molecule has 2 rings (SSSR count). The van der Waals surface area contributed by atoms with E-state index in [2.05, 4.69) is 10.6 Å². The summed E-state index contributed by atoms with van der Waals surface area (Å²) in [6, 6.07) is 0.900. The third-order valence-electron chi connectivity index (χ3n) is 3.56. The highest BCUT2D eigenvalue weighted by Gasteiger charge is 2.34. The second-order valence-electron chi connectivity index (χ2n) is 5.12. The standard InChI is InChI=1S/C13H19N3O4S2/c1-14-11(17)9-6-8-21-13(9)15-12(18)10-5-3-4-7-16(10)22(2,19)20/h6,8,10H,3-5,7H2,1-2H3,(H,14,17)(H,15,18)/t10-/m0/s1. The van der Waals surface area contributed by atoms with Crippen LogP contribution in [0.1, 0.15) is 29.6 Å². The molecule has 0 unspecified atom stereocenters. The molecule has 1 aromatic rings. The van der Waals surface area contributed by atoms with Crippen LogP contribution in [0.25, 0.3) is 0 Å². The molecule has 2 amide bonds. The molecule has 1 aliphatic rings. The molecule has 122 valence electrons. The number of hydrogen-bond donors (Lipinski definition) is 2. The van der Waals surface area contributed by atoms with Crippen LogP contribution in [0.5, 0.6) is 0 Å². The second-order valence-corrected chi connectivity index (χ2v) is 7.97. The predicted molar refractivity (Wildman–Crippen MR) is 85.5 cm³/mol. The fraction of sp³-hybridized carbons (Fsp3) is 0.538.